The average Bonchev–Trinajstić information content (AvgIpc) is 2.14. The van der Waals surface area contributed by atoms with Crippen molar-refractivity contribution in [1.29, 1.82) is 0 Å². The third kappa shape index (κ3) is 0.871. The molecule has 1 heterocycles. The van der Waals surface area contributed by atoms with Crippen molar-refractivity contribution in [2.45, 2.75) is 0 Å². The van der Waals surface area contributed by atoms with Crippen LogP contribution >= 0.6 is 11.3 Å². The minimum absolute atomic E-state index is 0.986. The van der Waals surface area contributed by atoms with Crippen molar-refractivity contribution < 1.29 is 0 Å². The molecular formula is C5H5NS. The van der Waals surface area contributed by atoms with Gasteiger partial charge in [0.1, 0.15) is 5.01 Å². The Morgan fingerprint density at radius 2 is 2.71 bits per heavy atom. The van der Waals surface area contributed by atoms with Gasteiger partial charge in [-0.3, -0.25) is 0 Å². The van der Waals surface area contributed by atoms with Crippen LogP contribution in [-0.4, -0.2) is 4.98 Å². The van der Waals surface area contributed by atoms with Crippen molar-refractivity contribution in [2.24, 2.45) is 0 Å². The molecule has 0 aliphatic carbocycles. The van der Waals surface area contributed by atoms with Gasteiger partial charge in [0.15, 0.2) is 0 Å². The number of hydrogen-bond donors (Lipinski definition) is 0. The van der Waals surface area contributed by atoms with E-state index in [4.69, 9.17) is 0 Å². The molecule has 0 N–H and O–H groups in total. The first kappa shape index (κ1) is 4.53. The molecule has 0 amide bonds. The van der Waals surface area contributed by atoms with E-state index in [1.54, 1.807) is 23.6 Å². The zero-order valence-electron chi connectivity index (χ0n) is 3.79. The van der Waals surface area contributed by atoms with E-state index in [2.05, 4.69) is 11.6 Å². The van der Waals surface area contributed by atoms with E-state index in [9.17, 15) is 0 Å². The van der Waals surface area contributed by atoms with Crippen molar-refractivity contribution in [3.8, 4) is 0 Å². The van der Waals surface area contributed by atoms with Gasteiger partial charge in [0.25, 0.3) is 0 Å². The number of thiazole rings is 1. The SMILES string of the molecule is C=Cc1nccs1. The Hall–Kier alpha value is -0.630. The van der Waals surface area contributed by atoms with Crippen LogP contribution in [0.25, 0.3) is 6.08 Å². The van der Waals surface area contributed by atoms with Gasteiger partial charge >= 0.3 is 0 Å². The molecule has 0 atom stereocenters. The van der Waals surface area contributed by atoms with E-state index in [1.807, 2.05) is 5.38 Å². The fraction of sp³-hybridized carbons (Fsp3) is 0. The van der Waals surface area contributed by atoms with Crippen molar-refractivity contribution in [1.82, 2.24) is 4.98 Å². The van der Waals surface area contributed by atoms with Crippen LogP contribution in [0, 0.1) is 0 Å². The summed E-state index contributed by atoms with van der Waals surface area (Å²) in [6, 6.07) is 0. The molecule has 7 heavy (non-hydrogen) atoms. The van der Waals surface area contributed by atoms with Crippen molar-refractivity contribution in [2.75, 3.05) is 0 Å². The summed E-state index contributed by atoms with van der Waals surface area (Å²) in [4.78, 5) is 3.94. The van der Waals surface area contributed by atoms with E-state index in [-0.39, 0.29) is 0 Å². The Labute approximate surface area is 46.3 Å². The molecule has 2 heteroatoms. The molecule has 0 fully saturated rings. The van der Waals surface area contributed by atoms with Gasteiger partial charge in [-0.2, -0.15) is 0 Å². The summed E-state index contributed by atoms with van der Waals surface area (Å²) in [5, 5.41) is 2.91. The molecule has 0 unspecified atom stereocenters. The highest BCUT2D eigenvalue weighted by Crippen LogP contribution is 2.03. The molecule has 0 saturated heterocycles. The molecule has 36 valence electrons. The molecule has 0 bridgehead atoms. The van der Waals surface area contributed by atoms with Crippen molar-refractivity contribution in [3.05, 3.63) is 23.2 Å². The molecule has 0 radical (unpaired) electrons. The minimum atomic E-state index is 0.986. The maximum atomic E-state index is 3.94. The van der Waals surface area contributed by atoms with Gasteiger partial charge in [0.2, 0.25) is 0 Å². The highest BCUT2D eigenvalue weighted by molar-refractivity contribution is 7.10. The van der Waals surface area contributed by atoms with Crippen LogP contribution in [0.1, 0.15) is 5.01 Å². The molecule has 0 spiro atoms. The van der Waals surface area contributed by atoms with Crippen LogP contribution < -0.4 is 0 Å². The number of nitrogens with zero attached hydrogens (tertiary/aromatic N) is 1. The van der Waals surface area contributed by atoms with Gasteiger partial charge in [-0.15, -0.1) is 11.3 Å². The van der Waals surface area contributed by atoms with Gasteiger partial charge in [0, 0.05) is 11.6 Å². The fourth-order valence-corrected chi connectivity index (χ4v) is 0.814. The summed E-state index contributed by atoms with van der Waals surface area (Å²) in [6.45, 7) is 3.55. The second-order valence-corrected chi connectivity index (χ2v) is 2.00. The third-order valence-corrected chi connectivity index (χ3v) is 1.40. The van der Waals surface area contributed by atoms with Gasteiger partial charge in [-0.25, -0.2) is 4.98 Å². The third-order valence-electron chi connectivity index (χ3n) is 0.626. The molecule has 0 aromatic carbocycles. The molecule has 0 saturated carbocycles. The average molecular weight is 111 g/mol. The molecule has 1 nitrogen and oxygen atoms in total. The predicted octanol–water partition coefficient (Wildman–Crippen LogP) is 1.79. The van der Waals surface area contributed by atoms with Gasteiger partial charge < -0.3 is 0 Å². The van der Waals surface area contributed by atoms with Gasteiger partial charge in [-0.05, 0) is 6.08 Å². The molecule has 0 aliphatic rings. The Kier molecular flexibility index (Phi) is 1.22. The van der Waals surface area contributed by atoms with E-state index >= 15 is 0 Å². The van der Waals surface area contributed by atoms with Crippen LogP contribution in [0.15, 0.2) is 18.2 Å². The van der Waals surface area contributed by atoms with Crippen molar-refractivity contribution in [3.63, 3.8) is 0 Å². The molecular weight excluding hydrogens is 106 g/mol. The maximum absolute atomic E-state index is 3.94. The molecule has 1 rings (SSSR count). The van der Waals surface area contributed by atoms with Gasteiger partial charge in [0.05, 0.1) is 0 Å². The normalized spacial score (nSPS) is 8.57. The Morgan fingerprint density at radius 1 is 1.86 bits per heavy atom. The smallest absolute Gasteiger partial charge is 0.115 e. The lowest BCUT2D eigenvalue weighted by Gasteiger charge is -1.70. The van der Waals surface area contributed by atoms with Gasteiger partial charge in [-0.1, -0.05) is 6.58 Å². The Morgan fingerprint density at radius 3 is 3.00 bits per heavy atom. The lowest BCUT2D eigenvalue weighted by Crippen LogP contribution is -1.58. The largest absolute Gasteiger partial charge is 0.245 e. The van der Waals surface area contributed by atoms with Crippen LogP contribution in [0.5, 0.6) is 0 Å². The van der Waals surface area contributed by atoms with Crippen LogP contribution in [0.4, 0.5) is 0 Å². The first-order valence-electron chi connectivity index (χ1n) is 1.95. The summed E-state index contributed by atoms with van der Waals surface area (Å²) < 4.78 is 0. The summed E-state index contributed by atoms with van der Waals surface area (Å²) in [5.41, 5.74) is 0. The number of aromatic nitrogens is 1. The lowest BCUT2D eigenvalue weighted by atomic mass is 10.7. The Balaban J connectivity index is 2.96. The highest BCUT2D eigenvalue weighted by Gasteiger charge is 1.80. The van der Waals surface area contributed by atoms with Crippen molar-refractivity contribution >= 4 is 17.4 Å². The summed E-state index contributed by atoms with van der Waals surface area (Å²) in [5.74, 6) is 0. The zero-order valence-corrected chi connectivity index (χ0v) is 4.61. The van der Waals surface area contributed by atoms with E-state index in [0.29, 0.717) is 0 Å². The van der Waals surface area contributed by atoms with Crippen LogP contribution in [0.3, 0.4) is 0 Å². The summed E-state index contributed by atoms with van der Waals surface area (Å²) in [6.07, 6.45) is 3.51. The summed E-state index contributed by atoms with van der Waals surface area (Å²) >= 11 is 1.59. The quantitative estimate of drug-likeness (QED) is 0.538. The number of hydrogen-bond acceptors (Lipinski definition) is 2. The zero-order chi connectivity index (χ0) is 5.11. The first-order chi connectivity index (χ1) is 3.43. The fourth-order valence-electron chi connectivity index (χ4n) is 0.335. The van der Waals surface area contributed by atoms with Crippen LogP contribution in [0.2, 0.25) is 0 Å². The second kappa shape index (κ2) is 1.89. The van der Waals surface area contributed by atoms with Crippen LogP contribution in [-0.2, 0) is 0 Å². The lowest BCUT2D eigenvalue weighted by molar-refractivity contribution is 1.40. The minimum Gasteiger partial charge on any atom is -0.245 e. The number of rotatable bonds is 1. The highest BCUT2D eigenvalue weighted by atomic mass is 32.1. The molecule has 1 aromatic rings. The Bertz CT molecular complexity index is 143. The topological polar surface area (TPSA) is 12.9 Å². The first-order valence-corrected chi connectivity index (χ1v) is 2.83. The monoisotopic (exact) mass is 111 g/mol. The standard InChI is InChI=1S/C5H5NS/c1-2-5-6-3-4-7-5/h2-4H,1H2. The van der Waals surface area contributed by atoms with E-state index in [1.165, 1.54) is 0 Å². The molecule has 1 aromatic heterocycles. The second-order valence-electron chi connectivity index (χ2n) is 1.07. The summed E-state index contributed by atoms with van der Waals surface area (Å²) in [7, 11) is 0. The van der Waals surface area contributed by atoms with E-state index in [0.717, 1.165) is 5.01 Å². The predicted molar refractivity (Wildman–Crippen MR) is 32.2 cm³/mol. The van der Waals surface area contributed by atoms with E-state index < -0.39 is 0 Å². The molecule has 0 aliphatic heterocycles. The maximum Gasteiger partial charge on any atom is 0.115 e.